The molecule has 2 rings (SSSR count). The second-order valence-corrected chi connectivity index (χ2v) is 5.08. The summed E-state index contributed by atoms with van der Waals surface area (Å²) in [5.41, 5.74) is 2.89. The van der Waals surface area contributed by atoms with Crippen molar-refractivity contribution < 1.29 is 9.53 Å². The first-order chi connectivity index (χ1) is 9.04. The molecule has 1 aromatic heterocycles. The summed E-state index contributed by atoms with van der Waals surface area (Å²) >= 11 is 3.39. The van der Waals surface area contributed by atoms with E-state index in [4.69, 9.17) is 4.74 Å². The second-order valence-electron chi connectivity index (χ2n) is 4.16. The van der Waals surface area contributed by atoms with Gasteiger partial charge < -0.3 is 4.74 Å². The molecule has 0 amide bonds. The summed E-state index contributed by atoms with van der Waals surface area (Å²) in [7, 11) is 1.82. The highest BCUT2D eigenvalue weighted by molar-refractivity contribution is 9.10. The lowest BCUT2D eigenvalue weighted by Crippen LogP contribution is -2.07. The maximum Gasteiger partial charge on any atom is 0.342 e. The lowest BCUT2D eigenvalue weighted by Gasteiger charge is -2.04. The van der Waals surface area contributed by atoms with E-state index in [1.165, 1.54) is 0 Å². The molecule has 0 unspecified atom stereocenters. The molecular formula is C14H15BrN2O2. The highest BCUT2D eigenvalue weighted by Crippen LogP contribution is 2.26. The maximum atomic E-state index is 12.1. The average molecular weight is 323 g/mol. The molecule has 0 N–H and O–H groups in total. The van der Waals surface area contributed by atoms with Crippen LogP contribution in [0.4, 0.5) is 0 Å². The molecule has 1 heterocycles. The van der Waals surface area contributed by atoms with Crippen molar-refractivity contribution in [2.45, 2.75) is 13.8 Å². The molecular weight excluding hydrogens is 308 g/mol. The first kappa shape index (κ1) is 13.8. The lowest BCUT2D eigenvalue weighted by molar-refractivity contribution is 0.0526. The van der Waals surface area contributed by atoms with Crippen molar-refractivity contribution in [2.24, 2.45) is 7.05 Å². The molecule has 0 radical (unpaired) electrons. The van der Waals surface area contributed by atoms with Crippen LogP contribution in [-0.4, -0.2) is 22.4 Å². The van der Waals surface area contributed by atoms with E-state index in [2.05, 4.69) is 21.0 Å². The monoisotopic (exact) mass is 322 g/mol. The van der Waals surface area contributed by atoms with Gasteiger partial charge in [0.2, 0.25) is 0 Å². The summed E-state index contributed by atoms with van der Waals surface area (Å²) in [6.45, 7) is 4.01. The number of aromatic nitrogens is 2. The number of benzene rings is 1. The van der Waals surface area contributed by atoms with Crippen molar-refractivity contribution in [3.05, 3.63) is 40.0 Å². The maximum absolute atomic E-state index is 12.1. The van der Waals surface area contributed by atoms with E-state index in [1.807, 2.05) is 38.2 Å². The molecule has 0 bridgehead atoms. The zero-order chi connectivity index (χ0) is 14.0. The summed E-state index contributed by atoms with van der Waals surface area (Å²) in [5, 5.41) is 4.41. The zero-order valence-corrected chi connectivity index (χ0v) is 12.7. The van der Waals surface area contributed by atoms with Gasteiger partial charge in [-0.2, -0.15) is 5.10 Å². The van der Waals surface area contributed by atoms with Crippen molar-refractivity contribution in [3.8, 4) is 11.3 Å². The number of carbonyl (C=O) groups is 1. The summed E-state index contributed by atoms with van der Waals surface area (Å²) in [6.07, 6.45) is 0. The molecule has 0 saturated carbocycles. The smallest absolute Gasteiger partial charge is 0.342 e. The zero-order valence-electron chi connectivity index (χ0n) is 11.1. The highest BCUT2D eigenvalue weighted by Gasteiger charge is 2.22. The van der Waals surface area contributed by atoms with Crippen LogP contribution in [0.1, 0.15) is 23.0 Å². The Morgan fingerprint density at radius 2 is 2.00 bits per heavy atom. The Morgan fingerprint density at radius 3 is 2.58 bits per heavy atom. The SMILES string of the molecule is CCOC(=O)c1c(-c2ccc(Br)cc2)nn(C)c1C. The number of halogens is 1. The third-order valence-electron chi connectivity index (χ3n) is 2.93. The minimum Gasteiger partial charge on any atom is -0.462 e. The van der Waals surface area contributed by atoms with Crippen LogP contribution in [0.5, 0.6) is 0 Å². The molecule has 1 aromatic carbocycles. The Bertz CT molecular complexity index is 603. The van der Waals surface area contributed by atoms with Crippen molar-refractivity contribution in [1.29, 1.82) is 0 Å². The van der Waals surface area contributed by atoms with Gasteiger partial charge in [-0.05, 0) is 26.0 Å². The number of rotatable bonds is 3. The Morgan fingerprint density at radius 1 is 1.37 bits per heavy atom. The van der Waals surface area contributed by atoms with Crippen LogP contribution in [0.2, 0.25) is 0 Å². The van der Waals surface area contributed by atoms with Crippen molar-refractivity contribution in [2.75, 3.05) is 6.61 Å². The van der Waals surface area contributed by atoms with E-state index >= 15 is 0 Å². The number of hydrogen-bond acceptors (Lipinski definition) is 3. The molecule has 0 spiro atoms. The van der Waals surface area contributed by atoms with Crippen LogP contribution in [-0.2, 0) is 11.8 Å². The summed E-state index contributed by atoms with van der Waals surface area (Å²) in [4.78, 5) is 12.1. The summed E-state index contributed by atoms with van der Waals surface area (Å²) in [5.74, 6) is -0.328. The fourth-order valence-corrected chi connectivity index (χ4v) is 2.13. The predicted octanol–water partition coefficient (Wildman–Crippen LogP) is 3.33. The average Bonchev–Trinajstić information content (AvgIpc) is 2.67. The van der Waals surface area contributed by atoms with Gasteiger partial charge in [-0.25, -0.2) is 4.79 Å². The largest absolute Gasteiger partial charge is 0.462 e. The molecule has 2 aromatic rings. The lowest BCUT2D eigenvalue weighted by atomic mass is 10.1. The topological polar surface area (TPSA) is 44.1 Å². The molecule has 0 aliphatic heterocycles. The van der Waals surface area contributed by atoms with E-state index in [0.29, 0.717) is 17.9 Å². The molecule has 0 aliphatic carbocycles. The first-order valence-corrected chi connectivity index (χ1v) is 6.80. The van der Waals surface area contributed by atoms with Gasteiger partial charge in [0.15, 0.2) is 0 Å². The summed E-state index contributed by atoms with van der Waals surface area (Å²) < 4.78 is 7.79. The number of esters is 1. The molecule has 0 aliphatic rings. The fourth-order valence-electron chi connectivity index (χ4n) is 1.87. The Hall–Kier alpha value is -1.62. The third kappa shape index (κ3) is 2.71. The normalized spacial score (nSPS) is 10.5. The molecule has 0 atom stereocenters. The minimum absolute atomic E-state index is 0.328. The summed E-state index contributed by atoms with van der Waals surface area (Å²) in [6, 6.07) is 7.70. The van der Waals surface area contributed by atoms with Crippen molar-refractivity contribution in [1.82, 2.24) is 9.78 Å². The number of hydrogen-bond donors (Lipinski definition) is 0. The van der Waals surface area contributed by atoms with Gasteiger partial charge in [0.25, 0.3) is 0 Å². The van der Waals surface area contributed by atoms with Gasteiger partial charge in [0, 0.05) is 17.1 Å². The molecule has 19 heavy (non-hydrogen) atoms. The number of nitrogens with zero attached hydrogens (tertiary/aromatic N) is 2. The van der Waals surface area contributed by atoms with Gasteiger partial charge in [-0.15, -0.1) is 0 Å². The second kappa shape index (κ2) is 5.57. The standard InChI is InChI=1S/C14H15BrN2O2/c1-4-19-14(18)12-9(2)17(3)16-13(12)10-5-7-11(15)8-6-10/h5-8H,4H2,1-3H3. The quantitative estimate of drug-likeness (QED) is 0.814. The molecule has 0 fully saturated rings. The van der Waals surface area contributed by atoms with E-state index in [9.17, 15) is 4.79 Å². The van der Waals surface area contributed by atoms with E-state index in [0.717, 1.165) is 15.7 Å². The highest BCUT2D eigenvalue weighted by atomic mass is 79.9. The minimum atomic E-state index is -0.328. The molecule has 5 heteroatoms. The molecule has 0 saturated heterocycles. The van der Waals surface area contributed by atoms with Crippen molar-refractivity contribution in [3.63, 3.8) is 0 Å². The molecule has 4 nitrogen and oxygen atoms in total. The van der Waals surface area contributed by atoms with Gasteiger partial charge in [-0.3, -0.25) is 4.68 Å². The van der Waals surface area contributed by atoms with Crippen LogP contribution < -0.4 is 0 Å². The molecule has 100 valence electrons. The number of aryl methyl sites for hydroxylation is 1. The number of ether oxygens (including phenoxy) is 1. The Balaban J connectivity index is 2.54. The van der Waals surface area contributed by atoms with Gasteiger partial charge >= 0.3 is 5.97 Å². The van der Waals surface area contributed by atoms with Crippen LogP contribution >= 0.6 is 15.9 Å². The van der Waals surface area contributed by atoms with Gasteiger partial charge in [0.05, 0.1) is 12.3 Å². The van der Waals surface area contributed by atoms with E-state index in [1.54, 1.807) is 11.6 Å². The Labute approximate surface area is 120 Å². The van der Waals surface area contributed by atoms with Crippen LogP contribution in [0.25, 0.3) is 11.3 Å². The van der Waals surface area contributed by atoms with Crippen LogP contribution in [0.3, 0.4) is 0 Å². The third-order valence-corrected chi connectivity index (χ3v) is 3.46. The van der Waals surface area contributed by atoms with Crippen LogP contribution in [0.15, 0.2) is 28.7 Å². The predicted molar refractivity (Wildman–Crippen MR) is 77.0 cm³/mol. The van der Waals surface area contributed by atoms with Gasteiger partial charge in [-0.1, -0.05) is 28.1 Å². The Kier molecular flexibility index (Phi) is 4.04. The van der Waals surface area contributed by atoms with Gasteiger partial charge in [0.1, 0.15) is 11.3 Å². The van der Waals surface area contributed by atoms with Crippen LogP contribution in [0, 0.1) is 6.92 Å². The van der Waals surface area contributed by atoms with Crippen molar-refractivity contribution >= 4 is 21.9 Å². The number of carbonyl (C=O) groups excluding carboxylic acids is 1. The fraction of sp³-hybridized carbons (Fsp3) is 0.286. The van der Waals surface area contributed by atoms with E-state index in [-0.39, 0.29) is 5.97 Å². The first-order valence-electron chi connectivity index (χ1n) is 6.01. The van der Waals surface area contributed by atoms with E-state index < -0.39 is 0 Å².